The summed E-state index contributed by atoms with van der Waals surface area (Å²) in [6.45, 7) is 9.88. The molecule has 1 heterocycles. The summed E-state index contributed by atoms with van der Waals surface area (Å²) in [4.78, 5) is 4.72. The number of hydrogen-bond acceptors (Lipinski definition) is 4. The number of para-hydroxylation sites is 2. The zero-order valence-corrected chi connectivity index (χ0v) is 20.1. The van der Waals surface area contributed by atoms with E-state index in [0.717, 1.165) is 28.7 Å². The molecular formula is C29H29N3O2. The van der Waals surface area contributed by atoms with Gasteiger partial charge in [-0.05, 0) is 74.7 Å². The van der Waals surface area contributed by atoms with Crippen LogP contribution in [0.2, 0.25) is 0 Å². The predicted octanol–water partition coefficient (Wildman–Crippen LogP) is 6.71. The minimum atomic E-state index is 0.465. The van der Waals surface area contributed by atoms with Gasteiger partial charge in [0.15, 0.2) is 17.3 Å². The smallest absolute Gasteiger partial charge is 0.161 e. The molecule has 0 spiro atoms. The summed E-state index contributed by atoms with van der Waals surface area (Å²) in [5.74, 6) is 2.00. The molecule has 172 valence electrons. The molecule has 0 aliphatic carbocycles. The third-order valence-corrected chi connectivity index (χ3v) is 5.80. The molecule has 3 aromatic carbocycles. The van der Waals surface area contributed by atoms with Crippen LogP contribution in [0.15, 0.2) is 60.7 Å². The largest absolute Gasteiger partial charge is 0.490 e. The van der Waals surface area contributed by atoms with Gasteiger partial charge in [0.25, 0.3) is 0 Å². The monoisotopic (exact) mass is 451 g/mol. The van der Waals surface area contributed by atoms with E-state index in [4.69, 9.17) is 14.5 Å². The normalized spacial score (nSPS) is 11.4. The van der Waals surface area contributed by atoms with Gasteiger partial charge in [0.1, 0.15) is 12.7 Å². The highest BCUT2D eigenvalue weighted by molar-refractivity contribution is 5.91. The number of aryl methyl sites for hydroxylation is 3. The minimum absolute atomic E-state index is 0.465. The van der Waals surface area contributed by atoms with Crippen molar-refractivity contribution in [2.24, 2.45) is 0 Å². The number of imidazole rings is 1. The fraction of sp³-hybridized carbons (Fsp3) is 0.241. The fourth-order valence-corrected chi connectivity index (χ4v) is 4.03. The second kappa shape index (κ2) is 10.3. The highest BCUT2D eigenvalue weighted by Gasteiger charge is 2.14. The molecule has 4 aromatic rings. The first-order valence-electron chi connectivity index (χ1n) is 11.6. The lowest BCUT2D eigenvalue weighted by Gasteiger charge is -2.14. The van der Waals surface area contributed by atoms with Crippen LogP contribution < -0.4 is 9.47 Å². The van der Waals surface area contributed by atoms with Crippen molar-refractivity contribution in [1.82, 2.24) is 9.55 Å². The van der Waals surface area contributed by atoms with Crippen LogP contribution in [-0.2, 0) is 13.2 Å². The lowest BCUT2D eigenvalue weighted by atomic mass is 10.1. The number of nitrogens with zero attached hydrogens (tertiary/aromatic N) is 3. The van der Waals surface area contributed by atoms with Gasteiger partial charge < -0.3 is 14.0 Å². The maximum Gasteiger partial charge on any atom is 0.161 e. The number of rotatable bonds is 8. The summed E-state index contributed by atoms with van der Waals surface area (Å²) in [5.41, 5.74) is 6.81. The molecule has 0 fully saturated rings. The van der Waals surface area contributed by atoms with Gasteiger partial charge in [-0.3, -0.25) is 0 Å². The highest BCUT2D eigenvalue weighted by atomic mass is 16.5. The molecule has 5 heteroatoms. The maximum atomic E-state index is 9.94. The molecule has 1 aromatic heterocycles. The van der Waals surface area contributed by atoms with Crippen molar-refractivity contribution in [3.8, 4) is 17.6 Å². The number of ether oxygens (including phenoxy) is 2. The number of hydrogen-bond donors (Lipinski definition) is 0. The van der Waals surface area contributed by atoms with Crippen molar-refractivity contribution in [2.75, 3.05) is 6.61 Å². The third kappa shape index (κ3) is 4.82. The van der Waals surface area contributed by atoms with Gasteiger partial charge in [0.2, 0.25) is 0 Å². The molecule has 0 radical (unpaired) electrons. The first kappa shape index (κ1) is 23.1. The number of nitriles is 1. The van der Waals surface area contributed by atoms with E-state index in [2.05, 4.69) is 49.6 Å². The van der Waals surface area contributed by atoms with E-state index in [1.807, 2.05) is 55.5 Å². The Morgan fingerprint density at radius 2 is 1.82 bits per heavy atom. The molecule has 0 amide bonds. The lowest BCUT2D eigenvalue weighted by Crippen LogP contribution is -2.02. The number of fused-ring (bicyclic) bond motifs is 1. The molecule has 0 saturated carbocycles. The molecule has 0 aliphatic heterocycles. The highest BCUT2D eigenvalue weighted by Crippen LogP contribution is 2.31. The van der Waals surface area contributed by atoms with Crippen LogP contribution in [0.3, 0.4) is 0 Å². The zero-order chi connectivity index (χ0) is 24.1. The van der Waals surface area contributed by atoms with Gasteiger partial charge in [-0.15, -0.1) is 0 Å². The Bertz CT molecular complexity index is 1390. The SMILES string of the molecule is CCOc1cc(/C=C(/C#N)c2nc3ccccc3n2CC)ccc1OCc1cc(C)ccc1C. The summed E-state index contributed by atoms with van der Waals surface area (Å²) in [6, 6.07) is 22.4. The average Bonchev–Trinajstić information content (AvgIpc) is 3.22. The van der Waals surface area contributed by atoms with Crippen molar-refractivity contribution in [3.05, 3.63) is 88.7 Å². The number of allylic oxidation sites excluding steroid dienone is 1. The quantitative estimate of drug-likeness (QED) is 0.279. The lowest BCUT2D eigenvalue weighted by molar-refractivity contribution is 0.269. The summed E-state index contributed by atoms with van der Waals surface area (Å²) >= 11 is 0. The second-order valence-corrected chi connectivity index (χ2v) is 8.20. The Labute approximate surface area is 200 Å². The maximum absolute atomic E-state index is 9.94. The summed E-state index contributed by atoms with van der Waals surface area (Å²) < 4.78 is 14.1. The Balaban J connectivity index is 1.66. The molecule has 34 heavy (non-hydrogen) atoms. The number of benzene rings is 3. The van der Waals surface area contributed by atoms with Gasteiger partial charge in [0, 0.05) is 6.54 Å². The van der Waals surface area contributed by atoms with Gasteiger partial charge in [-0.2, -0.15) is 5.26 Å². The van der Waals surface area contributed by atoms with Crippen LogP contribution in [0.5, 0.6) is 11.5 Å². The van der Waals surface area contributed by atoms with Crippen molar-refractivity contribution >= 4 is 22.7 Å². The second-order valence-electron chi connectivity index (χ2n) is 8.20. The van der Waals surface area contributed by atoms with Crippen LogP contribution in [0.4, 0.5) is 0 Å². The van der Waals surface area contributed by atoms with Crippen molar-refractivity contribution in [2.45, 2.75) is 40.8 Å². The molecule has 0 saturated heterocycles. The summed E-state index contributed by atoms with van der Waals surface area (Å²) in [6.07, 6.45) is 1.85. The molecule has 0 aliphatic rings. The third-order valence-electron chi connectivity index (χ3n) is 5.80. The summed E-state index contributed by atoms with van der Waals surface area (Å²) in [5, 5.41) is 9.94. The predicted molar refractivity (Wildman–Crippen MR) is 137 cm³/mol. The topological polar surface area (TPSA) is 60.1 Å². The fourth-order valence-electron chi connectivity index (χ4n) is 4.03. The Kier molecular flexibility index (Phi) is 6.98. The van der Waals surface area contributed by atoms with Crippen molar-refractivity contribution < 1.29 is 9.47 Å². The van der Waals surface area contributed by atoms with Crippen molar-refractivity contribution in [3.63, 3.8) is 0 Å². The van der Waals surface area contributed by atoms with Crippen LogP contribution >= 0.6 is 0 Å². The molecular weight excluding hydrogens is 422 g/mol. The van der Waals surface area contributed by atoms with Gasteiger partial charge >= 0.3 is 0 Å². The van der Waals surface area contributed by atoms with E-state index in [9.17, 15) is 5.26 Å². The number of aromatic nitrogens is 2. The van der Waals surface area contributed by atoms with Crippen LogP contribution in [0.25, 0.3) is 22.7 Å². The van der Waals surface area contributed by atoms with E-state index in [1.165, 1.54) is 11.1 Å². The van der Waals surface area contributed by atoms with Crippen LogP contribution in [-0.4, -0.2) is 16.2 Å². The van der Waals surface area contributed by atoms with Gasteiger partial charge in [0.05, 0.1) is 23.2 Å². The standard InChI is InChI=1S/C29H29N3O2/c1-5-32-26-10-8-7-9-25(26)31-29(32)23(18-30)16-22-13-14-27(28(17-22)33-6-2)34-19-24-15-20(3)11-12-21(24)4/h7-17H,5-6,19H2,1-4H3/b23-16-. The van der Waals surface area contributed by atoms with E-state index in [1.54, 1.807) is 0 Å². The Hall–Kier alpha value is -4.04. The van der Waals surface area contributed by atoms with Crippen LogP contribution in [0.1, 0.15) is 41.9 Å². The van der Waals surface area contributed by atoms with E-state index in [0.29, 0.717) is 36.1 Å². The molecule has 0 atom stereocenters. The van der Waals surface area contributed by atoms with Crippen molar-refractivity contribution in [1.29, 1.82) is 5.26 Å². The molecule has 4 rings (SSSR count). The zero-order valence-electron chi connectivity index (χ0n) is 20.1. The molecule has 0 bridgehead atoms. The molecule has 0 unspecified atom stereocenters. The molecule has 5 nitrogen and oxygen atoms in total. The van der Waals surface area contributed by atoms with Crippen LogP contribution in [0, 0.1) is 25.2 Å². The Morgan fingerprint density at radius 1 is 1.00 bits per heavy atom. The first-order valence-corrected chi connectivity index (χ1v) is 11.6. The first-order chi connectivity index (χ1) is 16.5. The van der Waals surface area contributed by atoms with E-state index in [-0.39, 0.29) is 0 Å². The Morgan fingerprint density at radius 3 is 2.59 bits per heavy atom. The van der Waals surface area contributed by atoms with E-state index < -0.39 is 0 Å². The van der Waals surface area contributed by atoms with Gasteiger partial charge in [-0.25, -0.2) is 4.98 Å². The summed E-state index contributed by atoms with van der Waals surface area (Å²) in [7, 11) is 0. The minimum Gasteiger partial charge on any atom is -0.490 e. The molecule has 0 N–H and O–H groups in total. The van der Waals surface area contributed by atoms with E-state index >= 15 is 0 Å². The van der Waals surface area contributed by atoms with Gasteiger partial charge in [-0.1, -0.05) is 42.0 Å². The average molecular weight is 452 g/mol.